The van der Waals surface area contributed by atoms with Crippen LogP contribution in [0.5, 0.6) is 0 Å². The smallest absolute Gasteiger partial charge is 0.0410 e. The van der Waals surface area contributed by atoms with E-state index in [4.69, 9.17) is 11.6 Å². The molecule has 0 bridgehead atoms. The van der Waals surface area contributed by atoms with Gasteiger partial charge in [0, 0.05) is 23.3 Å². The summed E-state index contributed by atoms with van der Waals surface area (Å²) < 4.78 is 0. The standard InChI is InChI=1S/C9H14ClNS/c1-8(11(2)6-5-10)9-4-3-7-12-9/h3-4,7-8H,5-6H2,1-2H3. The van der Waals surface area contributed by atoms with E-state index in [2.05, 4.69) is 36.4 Å². The molecule has 0 spiro atoms. The predicted octanol–water partition coefficient (Wildman–Crippen LogP) is 2.98. The van der Waals surface area contributed by atoms with E-state index in [1.165, 1.54) is 4.88 Å². The van der Waals surface area contributed by atoms with Crippen LogP contribution in [0.25, 0.3) is 0 Å². The lowest BCUT2D eigenvalue weighted by molar-refractivity contribution is 0.281. The monoisotopic (exact) mass is 203 g/mol. The molecule has 0 saturated carbocycles. The number of thiophene rings is 1. The Bertz CT molecular complexity index is 210. The average Bonchev–Trinajstić information content (AvgIpc) is 2.55. The van der Waals surface area contributed by atoms with Crippen LogP contribution in [0, 0.1) is 0 Å². The molecule has 1 nitrogen and oxygen atoms in total. The van der Waals surface area contributed by atoms with Crippen LogP contribution >= 0.6 is 22.9 Å². The highest BCUT2D eigenvalue weighted by Crippen LogP contribution is 2.22. The lowest BCUT2D eigenvalue weighted by Crippen LogP contribution is -2.23. The number of hydrogen-bond donors (Lipinski definition) is 0. The maximum absolute atomic E-state index is 5.66. The zero-order chi connectivity index (χ0) is 8.97. The molecule has 0 N–H and O–H groups in total. The highest BCUT2D eigenvalue weighted by Gasteiger charge is 2.10. The van der Waals surface area contributed by atoms with Gasteiger partial charge in [0.05, 0.1) is 0 Å². The molecule has 0 radical (unpaired) electrons. The third-order valence-corrected chi connectivity index (χ3v) is 3.26. The minimum atomic E-state index is 0.490. The largest absolute Gasteiger partial charge is 0.298 e. The fourth-order valence-corrected chi connectivity index (χ4v) is 2.19. The Morgan fingerprint density at radius 3 is 2.92 bits per heavy atom. The van der Waals surface area contributed by atoms with Crippen LogP contribution in [-0.2, 0) is 0 Å². The SMILES string of the molecule is CC(c1cccs1)N(C)CCCl. The molecule has 0 aliphatic heterocycles. The first-order valence-corrected chi connectivity index (χ1v) is 5.46. The summed E-state index contributed by atoms with van der Waals surface area (Å²) >= 11 is 7.46. The van der Waals surface area contributed by atoms with Crippen molar-refractivity contribution in [2.75, 3.05) is 19.5 Å². The van der Waals surface area contributed by atoms with Gasteiger partial charge in [-0.05, 0) is 25.4 Å². The molecule has 1 aromatic rings. The Labute approximate surface area is 83.0 Å². The normalized spacial score (nSPS) is 13.7. The number of halogens is 1. The van der Waals surface area contributed by atoms with Crippen LogP contribution in [-0.4, -0.2) is 24.4 Å². The summed E-state index contributed by atoms with van der Waals surface area (Å²) in [5.74, 6) is 0.701. The molecule has 3 heteroatoms. The fourth-order valence-electron chi connectivity index (χ4n) is 1.07. The molecule has 1 rings (SSSR count). The fraction of sp³-hybridized carbons (Fsp3) is 0.556. The van der Waals surface area contributed by atoms with Crippen LogP contribution in [0.2, 0.25) is 0 Å². The van der Waals surface area contributed by atoms with E-state index in [0.717, 1.165) is 6.54 Å². The van der Waals surface area contributed by atoms with E-state index in [1.807, 2.05) is 0 Å². The molecule has 1 heterocycles. The Morgan fingerprint density at radius 1 is 1.67 bits per heavy atom. The minimum absolute atomic E-state index is 0.490. The summed E-state index contributed by atoms with van der Waals surface area (Å²) in [6.45, 7) is 3.15. The molecule has 0 fully saturated rings. The van der Waals surface area contributed by atoms with Crippen molar-refractivity contribution < 1.29 is 0 Å². The van der Waals surface area contributed by atoms with Crippen molar-refractivity contribution in [1.29, 1.82) is 0 Å². The number of rotatable bonds is 4. The summed E-state index contributed by atoms with van der Waals surface area (Å²) in [5, 5.41) is 2.11. The predicted molar refractivity (Wildman–Crippen MR) is 56.1 cm³/mol. The molecule has 0 amide bonds. The second kappa shape index (κ2) is 4.85. The van der Waals surface area contributed by atoms with Gasteiger partial charge in [0.1, 0.15) is 0 Å². The van der Waals surface area contributed by atoms with E-state index in [-0.39, 0.29) is 0 Å². The molecule has 0 aromatic carbocycles. The first-order chi connectivity index (χ1) is 5.75. The zero-order valence-corrected chi connectivity index (χ0v) is 9.03. The molecule has 12 heavy (non-hydrogen) atoms. The van der Waals surface area contributed by atoms with Crippen molar-refractivity contribution in [2.24, 2.45) is 0 Å². The van der Waals surface area contributed by atoms with Crippen molar-refractivity contribution in [3.8, 4) is 0 Å². The van der Waals surface area contributed by atoms with Crippen LogP contribution in [0.4, 0.5) is 0 Å². The summed E-state index contributed by atoms with van der Waals surface area (Å²) in [5.41, 5.74) is 0. The Kier molecular flexibility index (Phi) is 4.06. The van der Waals surface area contributed by atoms with Gasteiger partial charge < -0.3 is 0 Å². The quantitative estimate of drug-likeness (QED) is 0.681. The molecule has 0 aliphatic carbocycles. The second-order valence-electron chi connectivity index (χ2n) is 2.86. The van der Waals surface area contributed by atoms with E-state index < -0.39 is 0 Å². The van der Waals surface area contributed by atoms with Crippen LogP contribution in [0.1, 0.15) is 17.8 Å². The van der Waals surface area contributed by atoms with Crippen molar-refractivity contribution in [3.63, 3.8) is 0 Å². The second-order valence-corrected chi connectivity index (χ2v) is 4.22. The minimum Gasteiger partial charge on any atom is -0.298 e. The maximum atomic E-state index is 5.66. The maximum Gasteiger partial charge on any atom is 0.0410 e. The molecular weight excluding hydrogens is 190 g/mol. The highest BCUT2D eigenvalue weighted by molar-refractivity contribution is 7.10. The van der Waals surface area contributed by atoms with Crippen LogP contribution in [0.15, 0.2) is 17.5 Å². The summed E-state index contributed by atoms with van der Waals surface area (Å²) in [4.78, 5) is 3.67. The first-order valence-electron chi connectivity index (χ1n) is 4.05. The van der Waals surface area contributed by atoms with Gasteiger partial charge in [-0.2, -0.15) is 0 Å². The Hall–Kier alpha value is -0.0500. The average molecular weight is 204 g/mol. The van der Waals surface area contributed by atoms with E-state index in [0.29, 0.717) is 11.9 Å². The summed E-state index contributed by atoms with van der Waals surface area (Å²) in [7, 11) is 2.10. The lowest BCUT2D eigenvalue weighted by atomic mass is 10.2. The number of alkyl halides is 1. The van der Waals surface area contributed by atoms with Gasteiger partial charge in [0.25, 0.3) is 0 Å². The Balaban J connectivity index is 2.53. The molecule has 68 valence electrons. The van der Waals surface area contributed by atoms with E-state index in [1.54, 1.807) is 11.3 Å². The van der Waals surface area contributed by atoms with Gasteiger partial charge in [-0.25, -0.2) is 0 Å². The van der Waals surface area contributed by atoms with Crippen molar-refractivity contribution in [1.82, 2.24) is 4.90 Å². The van der Waals surface area contributed by atoms with Gasteiger partial charge in [0.15, 0.2) is 0 Å². The highest BCUT2D eigenvalue weighted by atomic mass is 35.5. The third kappa shape index (κ3) is 2.47. The third-order valence-electron chi connectivity index (χ3n) is 2.05. The summed E-state index contributed by atoms with van der Waals surface area (Å²) in [6.07, 6.45) is 0. The van der Waals surface area contributed by atoms with Gasteiger partial charge >= 0.3 is 0 Å². The molecule has 0 aliphatic rings. The first kappa shape index (κ1) is 10.0. The van der Waals surface area contributed by atoms with Gasteiger partial charge in [-0.3, -0.25) is 4.90 Å². The van der Waals surface area contributed by atoms with Gasteiger partial charge in [-0.15, -0.1) is 22.9 Å². The molecule has 1 aromatic heterocycles. The van der Waals surface area contributed by atoms with Gasteiger partial charge in [-0.1, -0.05) is 6.07 Å². The number of hydrogen-bond acceptors (Lipinski definition) is 2. The van der Waals surface area contributed by atoms with Crippen LogP contribution < -0.4 is 0 Å². The van der Waals surface area contributed by atoms with Crippen molar-refractivity contribution in [2.45, 2.75) is 13.0 Å². The number of nitrogens with zero attached hydrogens (tertiary/aromatic N) is 1. The topological polar surface area (TPSA) is 3.24 Å². The molecule has 0 saturated heterocycles. The van der Waals surface area contributed by atoms with Gasteiger partial charge in [0.2, 0.25) is 0 Å². The molecule has 1 unspecified atom stereocenters. The summed E-state index contributed by atoms with van der Waals surface area (Å²) in [6, 6.07) is 4.74. The van der Waals surface area contributed by atoms with Crippen molar-refractivity contribution >= 4 is 22.9 Å². The van der Waals surface area contributed by atoms with Crippen LogP contribution in [0.3, 0.4) is 0 Å². The van der Waals surface area contributed by atoms with Crippen molar-refractivity contribution in [3.05, 3.63) is 22.4 Å². The Morgan fingerprint density at radius 2 is 2.42 bits per heavy atom. The zero-order valence-electron chi connectivity index (χ0n) is 7.46. The molecular formula is C9H14ClNS. The molecule has 1 atom stereocenters. The lowest BCUT2D eigenvalue weighted by Gasteiger charge is -2.22. The van der Waals surface area contributed by atoms with E-state index in [9.17, 15) is 0 Å². The van der Waals surface area contributed by atoms with E-state index >= 15 is 0 Å².